The van der Waals surface area contributed by atoms with Gasteiger partial charge in [-0.05, 0) is 138 Å². The molecule has 16 nitrogen and oxygen atoms in total. The molecule has 0 saturated carbocycles. The number of benzene rings is 4. The highest BCUT2D eigenvalue weighted by Gasteiger charge is 2.39. The molecule has 0 amide bonds. The lowest BCUT2D eigenvalue weighted by molar-refractivity contribution is 0.182. The second-order valence-electron chi connectivity index (χ2n) is 18.7. The Morgan fingerprint density at radius 2 is 0.904 bits per heavy atom. The Hall–Kier alpha value is -6.01. The summed E-state index contributed by atoms with van der Waals surface area (Å²) in [6.45, 7) is 16.5. The van der Waals surface area contributed by atoms with Gasteiger partial charge in [-0.3, -0.25) is 19.8 Å². The number of ether oxygens (including phenoxy) is 8. The lowest BCUT2D eigenvalue weighted by Crippen LogP contribution is -2.59. The van der Waals surface area contributed by atoms with Crippen molar-refractivity contribution in [2.45, 2.75) is 105 Å². The van der Waals surface area contributed by atoms with Crippen LogP contribution in [0.4, 0.5) is 16.0 Å². The van der Waals surface area contributed by atoms with Gasteiger partial charge in [0.2, 0.25) is 16.4 Å². The predicted molar refractivity (Wildman–Crippen MR) is 284 cm³/mol. The van der Waals surface area contributed by atoms with E-state index in [4.69, 9.17) is 81.0 Å². The molecule has 0 unspecified atom stereocenters. The van der Waals surface area contributed by atoms with Crippen molar-refractivity contribution in [3.8, 4) is 46.0 Å². The van der Waals surface area contributed by atoms with Gasteiger partial charge in [-0.15, -0.1) is 0 Å². The van der Waals surface area contributed by atoms with Gasteiger partial charge in [0.05, 0.1) is 77.0 Å². The van der Waals surface area contributed by atoms with Crippen molar-refractivity contribution in [3.63, 3.8) is 0 Å². The minimum Gasteiger partial charge on any atom is -0.493 e. The van der Waals surface area contributed by atoms with E-state index >= 15 is 4.39 Å². The maximum Gasteiger partial charge on any atom is 0.224 e. The molecule has 8 rings (SSSR count). The Morgan fingerprint density at radius 3 is 1.26 bits per heavy atom. The van der Waals surface area contributed by atoms with E-state index in [1.54, 1.807) is 40.6 Å². The number of piperidine rings is 2. The zero-order valence-electron chi connectivity index (χ0n) is 43.5. The van der Waals surface area contributed by atoms with E-state index in [-0.39, 0.29) is 46.4 Å². The molecule has 0 bridgehead atoms. The van der Waals surface area contributed by atoms with E-state index in [9.17, 15) is 0 Å². The van der Waals surface area contributed by atoms with Crippen molar-refractivity contribution in [1.82, 2.24) is 29.7 Å². The number of rotatable bonds is 21. The van der Waals surface area contributed by atoms with Crippen LogP contribution in [0.1, 0.15) is 78.4 Å². The molecule has 73 heavy (non-hydrogen) atoms. The molecule has 2 fully saturated rings. The molecule has 0 spiro atoms. The van der Waals surface area contributed by atoms with Crippen LogP contribution in [0.2, 0.25) is 10.6 Å². The number of fused-ring (bicyclic) bond motifs is 2. The van der Waals surface area contributed by atoms with E-state index in [0.717, 1.165) is 48.6 Å². The SMILES string of the molecule is CCOc1cc(CN2CCC(N(c3nc(Cl)nc4cc(OC)c(OC)cc34)N(c3nc(Cl)nc4cc(OC)c(OC)cc34)C3CCN(Cc4cc(OC(C)C)cc(OC(C)C)c4)CC3)CC2)cc(OCC)c1F. The zero-order chi connectivity index (χ0) is 51.9. The Morgan fingerprint density at radius 1 is 0.534 bits per heavy atom. The molecule has 0 N–H and O–H groups in total. The van der Waals surface area contributed by atoms with Gasteiger partial charge in [0, 0.05) is 68.2 Å². The number of halogens is 3. The summed E-state index contributed by atoms with van der Waals surface area (Å²) in [7, 11) is 6.39. The third kappa shape index (κ3) is 12.3. The number of likely N-dealkylation sites (tertiary alicyclic amines) is 2. The summed E-state index contributed by atoms with van der Waals surface area (Å²) in [6, 6.07) is 16.8. The van der Waals surface area contributed by atoms with Gasteiger partial charge in [-0.1, -0.05) is 0 Å². The largest absolute Gasteiger partial charge is 0.493 e. The molecule has 2 saturated heterocycles. The average molecular weight is 1050 g/mol. The molecule has 392 valence electrons. The molecule has 0 atom stereocenters. The molecule has 0 radical (unpaired) electrons. The third-order valence-electron chi connectivity index (χ3n) is 12.9. The fraction of sp³-hybridized carbons (Fsp3) is 0.481. The average Bonchev–Trinajstić information content (AvgIpc) is 3.36. The molecule has 4 aromatic carbocycles. The van der Waals surface area contributed by atoms with Gasteiger partial charge in [0.15, 0.2) is 46.1 Å². The standard InChI is InChI=1S/C54H67Cl2FN8O8/c1-11-70-48-23-35(24-49(50(48)57)71-12-2)31-63-19-15-37(16-20-63)65(52-41-27-45(67-8)47(69-10)29-43(41)59-54(56)61-52)64(51-40-26-44(66-7)46(68-9)28-42(40)58-53(55)60-51)36-13-17-62(18-14-36)30-34-21-38(72-32(3)4)25-39(22-34)73-33(5)6/h21-29,32-33,36-37H,11-20,30-31H2,1-10H3. The van der Waals surface area contributed by atoms with Crippen LogP contribution >= 0.6 is 23.2 Å². The summed E-state index contributed by atoms with van der Waals surface area (Å²) in [5, 5.41) is 6.03. The Bertz CT molecular complexity index is 2810. The van der Waals surface area contributed by atoms with Gasteiger partial charge in [0.25, 0.3) is 0 Å². The summed E-state index contributed by atoms with van der Waals surface area (Å²) in [5.74, 6) is 4.54. The highest BCUT2D eigenvalue weighted by Crippen LogP contribution is 2.43. The normalized spacial score (nSPS) is 15.0. The number of hydrazine groups is 1. The third-order valence-corrected chi connectivity index (χ3v) is 13.3. The van der Waals surface area contributed by atoms with Crippen LogP contribution in [0.3, 0.4) is 0 Å². The first-order valence-electron chi connectivity index (χ1n) is 25.0. The van der Waals surface area contributed by atoms with Crippen LogP contribution < -0.4 is 47.9 Å². The van der Waals surface area contributed by atoms with E-state index in [1.165, 1.54) is 0 Å². The molecule has 6 aromatic rings. The molecular formula is C54H67Cl2FN8O8. The smallest absolute Gasteiger partial charge is 0.224 e. The minimum absolute atomic E-state index is 0.00836. The monoisotopic (exact) mass is 1040 g/mol. The molecule has 19 heteroatoms. The van der Waals surface area contributed by atoms with Gasteiger partial charge >= 0.3 is 0 Å². The first kappa shape index (κ1) is 53.3. The maximum atomic E-state index is 15.4. The Balaban J connectivity index is 1.24. The quantitative estimate of drug-likeness (QED) is 0.0499. The number of hydrogen-bond acceptors (Lipinski definition) is 16. The maximum absolute atomic E-state index is 15.4. The molecule has 2 aliphatic heterocycles. The molecule has 2 aromatic heterocycles. The number of nitrogens with zero attached hydrogens (tertiary/aromatic N) is 8. The highest BCUT2D eigenvalue weighted by molar-refractivity contribution is 6.29. The van der Waals surface area contributed by atoms with Gasteiger partial charge < -0.3 is 37.9 Å². The van der Waals surface area contributed by atoms with Crippen LogP contribution in [0.25, 0.3) is 21.8 Å². The van der Waals surface area contributed by atoms with Crippen LogP contribution in [0, 0.1) is 5.82 Å². The van der Waals surface area contributed by atoms with Gasteiger partial charge in [-0.2, -0.15) is 14.4 Å². The van der Waals surface area contributed by atoms with Gasteiger partial charge in [0.1, 0.15) is 11.5 Å². The van der Waals surface area contributed by atoms with Crippen molar-refractivity contribution in [2.75, 3.05) is 77.8 Å². The van der Waals surface area contributed by atoms with E-state index < -0.39 is 5.82 Å². The van der Waals surface area contributed by atoms with Crippen molar-refractivity contribution in [2.24, 2.45) is 0 Å². The fourth-order valence-electron chi connectivity index (χ4n) is 9.88. The van der Waals surface area contributed by atoms with E-state index in [1.807, 2.05) is 71.9 Å². The Kier molecular flexibility index (Phi) is 17.4. The minimum atomic E-state index is -0.498. The predicted octanol–water partition coefficient (Wildman–Crippen LogP) is 11.0. The molecule has 2 aliphatic rings. The number of hydrogen-bond donors (Lipinski definition) is 0. The number of methoxy groups -OCH3 is 4. The molecular weight excluding hydrogens is 979 g/mol. The van der Waals surface area contributed by atoms with Crippen molar-refractivity contribution >= 4 is 56.6 Å². The summed E-state index contributed by atoms with van der Waals surface area (Å²) < 4.78 is 62.5. The van der Waals surface area contributed by atoms with Crippen LogP contribution in [0.5, 0.6) is 46.0 Å². The first-order chi connectivity index (χ1) is 35.2. The van der Waals surface area contributed by atoms with E-state index in [0.29, 0.717) is 109 Å². The fourth-order valence-corrected chi connectivity index (χ4v) is 10.2. The van der Waals surface area contributed by atoms with E-state index in [2.05, 4.69) is 32.0 Å². The van der Waals surface area contributed by atoms with Crippen molar-refractivity contribution < 1.29 is 42.3 Å². The van der Waals surface area contributed by atoms with Crippen molar-refractivity contribution in [1.29, 1.82) is 0 Å². The second kappa shape index (κ2) is 23.9. The lowest BCUT2D eigenvalue weighted by atomic mass is 10.00. The first-order valence-corrected chi connectivity index (χ1v) is 25.7. The zero-order valence-corrected chi connectivity index (χ0v) is 45.0. The summed E-state index contributed by atoms with van der Waals surface area (Å²) in [6.07, 6.45) is 2.85. The van der Waals surface area contributed by atoms with Crippen LogP contribution in [-0.2, 0) is 13.1 Å². The number of anilines is 2. The molecule has 4 heterocycles. The lowest BCUT2D eigenvalue weighted by Gasteiger charge is -2.50. The topological polar surface area (TPSA) is 138 Å². The van der Waals surface area contributed by atoms with Crippen LogP contribution in [-0.4, -0.2) is 122 Å². The summed E-state index contributed by atoms with van der Waals surface area (Å²) >= 11 is 14.0. The molecule has 0 aliphatic carbocycles. The summed E-state index contributed by atoms with van der Waals surface area (Å²) in [5.41, 5.74) is 3.13. The highest BCUT2D eigenvalue weighted by atomic mass is 35.5. The Labute approximate surface area is 437 Å². The number of aromatic nitrogens is 4. The van der Waals surface area contributed by atoms with Crippen LogP contribution in [0.15, 0.2) is 54.6 Å². The summed E-state index contributed by atoms with van der Waals surface area (Å²) in [4.78, 5) is 24.5. The van der Waals surface area contributed by atoms with Gasteiger partial charge in [-0.25, -0.2) is 9.97 Å². The second-order valence-corrected chi connectivity index (χ2v) is 19.4. The van der Waals surface area contributed by atoms with Crippen molar-refractivity contribution in [3.05, 3.63) is 82.1 Å².